The molecule has 0 spiro atoms. The van der Waals surface area contributed by atoms with E-state index in [-0.39, 0.29) is 0 Å². The zero-order valence-corrected chi connectivity index (χ0v) is 16.3. The molecular formula is C23H27N3O. The Bertz CT molecular complexity index is 950. The Morgan fingerprint density at radius 2 is 1.67 bits per heavy atom. The van der Waals surface area contributed by atoms with Crippen molar-refractivity contribution in [3.63, 3.8) is 0 Å². The second-order valence-electron chi connectivity index (χ2n) is 7.72. The summed E-state index contributed by atoms with van der Waals surface area (Å²) >= 11 is 0. The molecule has 2 heterocycles. The summed E-state index contributed by atoms with van der Waals surface area (Å²) in [6.45, 7) is 7.93. The molecule has 0 saturated carbocycles. The Morgan fingerprint density at radius 3 is 2.30 bits per heavy atom. The maximum Gasteiger partial charge on any atom is 0.0920 e. The molecule has 4 heteroatoms. The lowest BCUT2D eigenvalue weighted by Gasteiger charge is -2.33. The van der Waals surface area contributed by atoms with E-state index in [0.29, 0.717) is 0 Å². The molecule has 2 N–H and O–H groups in total. The first-order valence-electron chi connectivity index (χ1n) is 9.65. The van der Waals surface area contributed by atoms with E-state index in [1.54, 1.807) is 0 Å². The van der Waals surface area contributed by atoms with E-state index in [9.17, 15) is 5.11 Å². The van der Waals surface area contributed by atoms with Gasteiger partial charge < -0.3 is 10.4 Å². The quantitative estimate of drug-likeness (QED) is 0.740. The maximum atomic E-state index is 11.0. The fraction of sp³-hybridized carbons (Fsp3) is 0.348. The second-order valence-corrected chi connectivity index (χ2v) is 7.72. The van der Waals surface area contributed by atoms with Crippen LogP contribution in [0.2, 0.25) is 0 Å². The number of rotatable bonds is 3. The summed E-state index contributed by atoms with van der Waals surface area (Å²) in [5.41, 5.74) is 7.02. The van der Waals surface area contributed by atoms with Gasteiger partial charge in [0.05, 0.1) is 17.0 Å². The molecule has 3 aromatic rings. The first-order valence-corrected chi connectivity index (χ1v) is 9.65. The van der Waals surface area contributed by atoms with Crippen LogP contribution in [0.4, 0.5) is 0 Å². The average molecular weight is 361 g/mol. The lowest BCUT2D eigenvalue weighted by atomic mass is 9.84. The predicted octanol–water partition coefficient (Wildman–Crippen LogP) is 4.04. The molecule has 1 saturated heterocycles. The first-order chi connectivity index (χ1) is 13.0. The number of benzene rings is 2. The molecular weight excluding hydrogens is 334 g/mol. The van der Waals surface area contributed by atoms with Gasteiger partial charge in [-0.1, -0.05) is 36.4 Å². The molecule has 1 aliphatic rings. The Labute approximate surface area is 160 Å². The van der Waals surface area contributed by atoms with Gasteiger partial charge in [0.25, 0.3) is 0 Å². The van der Waals surface area contributed by atoms with Gasteiger partial charge in [0.2, 0.25) is 0 Å². The average Bonchev–Trinajstić information content (AvgIpc) is 3.00. The molecule has 1 aliphatic heterocycles. The largest absolute Gasteiger partial charge is 0.385 e. The molecule has 4 rings (SSSR count). The number of aromatic nitrogens is 2. The minimum atomic E-state index is -0.713. The van der Waals surface area contributed by atoms with E-state index < -0.39 is 5.60 Å². The lowest BCUT2D eigenvalue weighted by molar-refractivity contribution is 0.00595. The number of piperidine rings is 1. The van der Waals surface area contributed by atoms with E-state index in [4.69, 9.17) is 0 Å². The Balaban J connectivity index is 1.75. The normalized spacial score (nSPS) is 16.4. The van der Waals surface area contributed by atoms with Crippen LogP contribution < -0.4 is 5.32 Å². The van der Waals surface area contributed by atoms with Gasteiger partial charge in [0, 0.05) is 11.3 Å². The SMILES string of the molecule is Cc1ccc(-c2ccc(C3(O)CCNCC3)cc2)c(-n2nc(C)cc2C)c1. The number of nitrogens with one attached hydrogen (secondary N) is 1. The highest BCUT2D eigenvalue weighted by Gasteiger charge is 2.30. The van der Waals surface area contributed by atoms with Crippen molar-refractivity contribution in [1.29, 1.82) is 0 Å². The number of hydrogen-bond acceptors (Lipinski definition) is 3. The molecule has 140 valence electrons. The zero-order chi connectivity index (χ0) is 19.0. The Hall–Kier alpha value is -2.43. The molecule has 1 fully saturated rings. The maximum absolute atomic E-state index is 11.0. The van der Waals surface area contributed by atoms with Crippen molar-refractivity contribution in [3.8, 4) is 16.8 Å². The molecule has 0 atom stereocenters. The van der Waals surface area contributed by atoms with Gasteiger partial charge in [0.1, 0.15) is 0 Å². The van der Waals surface area contributed by atoms with E-state index in [1.165, 1.54) is 5.56 Å². The van der Waals surface area contributed by atoms with E-state index in [0.717, 1.165) is 59.7 Å². The zero-order valence-electron chi connectivity index (χ0n) is 16.3. The molecule has 27 heavy (non-hydrogen) atoms. The van der Waals surface area contributed by atoms with Crippen molar-refractivity contribution in [2.45, 2.75) is 39.2 Å². The van der Waals surface area contributed by atoms with Crippen LogP contribution >= 0.6 is 0 Å². The van der Waals surface area contributed by atoms with Gasteiger partial charge >= 0.3 is 0 Å². The monoisotopic (exact) mass is 361 g/mol. The minimum Gasteiger partial charge on any atom is -0.385 e. The molecule has 0 unspecified atom stereocenters. The highest BCUT2D eigenvalue weighted by atomic mass is 16.3. The van der Waals surface area contributed by atoms with Crippen LogP contribution in [0.1, 0.15) is 35.4 Å². The predicted molar refractivity (Wildman–Crippen MR) is 109 cm³/mol. The lowest BCUT2D eigenvalue weighted by Crippen LogP contribution is -2.39. The topological polar surface area (TPSA) is 50.1 Å². The molecule has 1 aromatic heterocycles. The summed E-state index contributed by atoms with van der Waals surface area (Å²) in [5.74, 6) is 0. The number of aliphatic hydroxyl groups is 1. The summed E-state index contributed by atoms with van der Waals surface area (Å²) in [5, 5.41) is 19.0. The number of aryl methyl sites for hydroxylation is 3. The molecule has 0 radical (unpaired) electrons. The summed E-state index contributed by atoms with van der Waals surface area (Å²) < 4.78 is 2.02. The van der Waals surface area contributed by atoms with Gasteiger partial charge in [-0.15, -0.1) is 0 Å². The highest BCUT2D eigenvalue weighted by molar-refractivity contribution is 5.74. The second kappa shape index (κ2) is 6.95. The van der Waals surface area contributed by atoms with Gasteiger partial charge in [0.15, 0.2) is 0 Å². The molecule has 0 amide bonds. The highest BCUT2D eigenvalue weighted by Crippen LogP contribution is 2.34. The van der Waals surface area contributed by atoms with Crippen LogP contribution in [0.15, 0.2) is 48.5 Å². The van der Waals surface area contributed by atoms with Gasteiger partial charge in [-0.05, 0) is 75.5 Å². The molecule has 2 aromatic carbocycles. The molecule has 0 bridgehead atoms. The third-order valence-corrected chi connectivity index (χ3v) is 5.55. The Kier molecular flexibility index (Phi) is 4.62. The summed E-state index contributed by atoms with van der Waals surface area (Å²) in [6, 6.07) is 17.0. The Morgan fingerprint density at radius 1 is 0.963 bits per heavy atom. The van der Waals surface area contributed by atoms with Crippen molar-refractivity contribution >= 4 is 0 Å². The van der Waals surface area contributed by atoms with Crippen molar-refractivity contribution in [2.24, 2.45) is 0 Å². The van der Waals surface area contributed by atoms with E-state index >= 15 is 0 Å². The molecule has 4 nitrogen and oxygen atoms in total. The van der Waals surface area contributed by atoms with E-state index in [2.05, 4.69) is 72.8 Å². The van der Waals surface area contributed by atoms with E-state index in [1.807, 2.05) is 11.6 Å². The number of hydrogen-bond donors (Lipinski definition) is 2. The minimum absolute atomic E-state index is 0.713. The third-order valence-electron chi connectivity index (χ3n) is 5.55. The first kappa shape index (κ1) is 18.0. The third kappa shape index (κ3) is 3.43. The van der Waals surface area contributed by atoms with Crippen LogP contribution in [0, 0.1) is 20.8 Å². The number of nitrogens with zero attached hydrogens (tertiary/aromatic N) is 2. The summed E-state index contributed by atoms with van der Waals surface area (Å²) in [4.78, 5) is 0. The van der Waals surface area contributed by atoms with Crippen molar-refractivity contribution in [2.75, 3.05) is 13.1 Å². The van der Waals surface area contributed by atoms with Crippen molar-refractivity contribution in [1.82, 2.24) is 15.1 Å². The van der Waals surface area contributed by atoms with Crippen molar-refractivity contribution in [3.05, 3.63) is 71.0 Å². The standard InChI is InChI=1S/C23H27N3O/c1-16-4-9-21(22(14-16)26-18(3)15-17(2)25-26)19-5-7-20(8-6-19)23(27)10-12-24-13-11-23/h4-9,14-15,24,27H,10-13H2,1-3H3. The van der Waals surface area contributed by atoms with Crippen molar-refractivity contribution < 1.29 is 5.11 Å². The summed E-state index contributed by atoms with van der Waals surface area (Å²) in [6.07, 6.45) is 1.52. The van der Waals surface area contributed by atoms with Crippen LogP contribution in [-0.4, -0.2) is 28.0 Å². The summed E-state index contributed by atoms with van der Waals surface area (Å²) in [7, 11) is 0. The van der Waals surface area contributed by atoms with Gasteiger partial charge in [-0.25, -0.2) is 4.68 Å². The van der Waals surface area contributed by atoms with Crippen LogP contribution in [0.3, 0.4) is 0 Å². The fourth-order valence-electron chi connectivity index (χ4n) is 4.02. The van der Waals surface area contributed by atoms with Crippen LogP contribution in [0.25, 0.3) is 16.8 Å². The van der Waals surface area contributed by atoms with Gasteiger partial charge in [-0.2, -0.15) is 5.10 Å². The molecule has 0 aliphatic carbocycles. The van der Waals surface area contributed by atoms with Crippen LogP contribution in [0.5, 0.6) is 0 Å². The van der Waals surface area contributed by atoms with Gasteiger partial charge in [-0.3, -0.25) is 0 Å². The van der Waals surface area contributed by atoms with Crippen LogP contribution in [-0.2, 0) is 5.60 Å². The fourth-order valence-corrected chi connectivity index (χ4v) is 4.02. The smallest absolute Gasteiger partial charge is 0.0920 e.